The van der Waals surface area contributed by atoms with Crippen LogP contribution >= 0.6 is 11.3 Å². The Morgan fingerprint density at radius 1 is 1.20 bits per heavy atom. The molecule has 1 saturated heterocycles. The third kappa shape index (κ3) is 4.42. The summed E-state index contributed by atoms with van der Waals surface area (Å²) in [7, 11) is 1.85. The molecule has 1 amide bonds. The summed E-state index contributed by atoms with van der Waals surface area (Å²) in [5.74, 6) is -0.0510. The molecule has 1 aliphatic rings. The molecule has 6 nitrogen and oxygen atoms in total. The largest absolute Gasteiger partial charge is 0.386 e. The summed E-state index contributed by atoms with van der Waals surface area (Å²) in [5.41, 5.74) is 4.30. The summed E-state index contributed by atoms with van der Waals surface area (Å²) in [6.07, 6.45) is 0.796. The first kappa shape index (κ1) is 20.6. The van der Waals surface area contributed by atoms with E-state index in [-0.39, 0.29) is 11.9 Å². The molecule has 0 spiro atoms. The Morgan fingerprint density at radius 3 is 2.63 bits per heavy atom. The van der Waals surface area contributed by atoms with Gasteiger partial charge in [-0.05, 0) is 50.1 Å². The smallest absolute Gasteiger partial charge is 0.263 e. The maximum Gasteiger partial charge on any atom is 0.263 e. The van der Waals surface area contributed by atoms with Crippen molar-refractivity contribution in [3.8, 4) is 0 Å². The molecule has 1 unspecified atom stereocenters. The van der Waals surface area contributed by atoms with Crippen molar-refractivity contribution in [3.63, 3.8) is 0 Å². The van der Waals surface area contributed by atoms with Gasteiger partial charge in [0.05, 0.1) is 5.69 Å². The molecule has 0 radical (unpaired) electrons. The lowest BCUT2D eigenvalue weighted by Gasteiger charge is -2.29. The lowest BCUT2D eigenvalue weighted by atomic mass is 10.1. The minimum Gasteiger partial charge on any atom is -0.386 e. The van der Waals surface area contributed by atoms with Crippen molar-refractivity contribution in [3.05, 3.63) is 52.5 Å². The Balaban J connectivity index is 1.42. The van der Waals surface area contributed by atoms with Gasteiger partial charge in [-0.25, -0.2) is 4.98 Å². The van der Waals surface area contributed by atoms with Gasteiger partial charge in [0.2, 0.25) is 0 Å². The zero-order valence-electron chi connectivity index (χ0n) is 17.8. The number of fused-ring (bicyclic) bond motifs is 1. The summed E-state index contributed by atoms with van der Waals surface area (Å²) < 4.78 is 0. The summed E-state index contributed by atoms with van der Waals surface area (Å²) in [6.45, 7) is 8.18. The van der Waals surface area contributed by atoms with Gasteiger partial charge in [-0.1, -0.05) is 12.1 Å². The van der Waals surface area contributed by atoms with Crippen LogP contribution in [0.25, 0.3) is 10.2 Å². The Labute approximate surface area is 181 Å². The van der Waals surface area contributed by atoms with E-state index in [0.717, 1.165) is 54.2 Å². The van der Waals surface area contributed by atoms with Crippen molar-refractivity contribution in [1.29, 1.82) is 0 Å². The second-order valence-electron chi connectivity index (χ2n) is 7.84. The van der Waals surface area contributed by atoms with Gasteiger partial charge in [0.15, 0.2) is 0 Å². The van der Waals surface area contributed by atoms with Crippen molar-refractivity contribution in [2.45, 2.75) is 26.3 Å². The number of carbonyl (C=O) groups excluding carboxylic acids is 1. The molecule has 158 valence electrons. The number of thiophene rings is 1. The summed E-state index contributed by atoms with van der Waals surface area (Å²) in [6, 6.07) is 12.8. The molecule has 3 aromatic rings. The number of aryl methyl sites for hydroxylation is 1. The highest BCUT2D eigenvalue weighted by Gasteiger charge is 2.20. The van der Waals surface area contributed by atoms with Crippen LogP contribution in [0.2, 0.25) is 0 Å². The van der Waals surface area contributed by atoms with E-state index in [9.17, 15) is 4.79 Å². The fourth-order valence-electron chi connectivity index (χ4n) is 3.94. The predicted molar refractivity (Wildman–Crippen MR) is 126 cm³/mol. The second-order valence-corrected chi connectivity index (χ2v) is 8.84. The van der Waals surface area contributed by atoms with Gasteiger partial charge in [0, 0.05) is 56.0 Å². The lowest BCUT2D eigenvalue weighted by Crippen LogP contribution is -2.43. The highest BCUT2D eigenvalue weighted by molar-refractivity contribution is 7.21. The number of hydrogen-bond acceptors (Lipinski definition) is 6. The number of nitrogens with one attached hydrogen (secondary N) is 3. The number of hydrogen-bond donors (Lipinski definition) is 3. The quantitative estimate of drug-likeness (QED) is 0.567. The maximum absolute atomic E-state index is 13.0. The third-order valence-electron chi connectivity index (χ3n) is 5.49. The monoisotopic (exact) mass is 423 g/mol. The van der Waals surface area contributed by atoms with Gasteiger partial charge in [0.1, 0.15) is 9.71 Å². The van der Waals surface area contributed by atoms with E-state index in [0.29, 0.717) is 4.88 Å². The molecule has 1 atom stereocenters. The minimum absolute atomic E-state index is 0.0344. The topological polar surface area (TPSA) is 69.3 Å². The van der Waals surface area contributed by atoms with Gasteiger partial charge in [0.25, 0.3) is 5.91 Å². The molecule has 0 aliphatic carbocycles. The van der Waals surface area contributed by atoms with Crippen LogP contribution in [0, 0.1) is 6.92 Å². The van der Waals surface area contributed by atoms with Gasteiger partial charge >= 0.3 is 0 Å². The Hall–Kier alpha value is -2.64. The number of nitrogens with zero attached hydrogens (tertiary/aromatic N) is 2. The number of aromatic nitrogens is 1. The van der Waals surface area contributed by atoms with Gasteiger partial charge in [-0.3, -0.25) is 4.79 Å². The number of carbonyl (C=O) groups is 1. The lowest BCUT2D eigenvalue weighted by molar-refractivity contribution is 0.0945. The molecular weight excluding hydrogens is 394 g/mol. The molecule has 1 aromatic carbocycles. The summed E-state index contributed by atoms with van der Waals surface area (Å²) >= 11 is 1.44. The molecular formula is C23H29N5OS. The average molecular weight is 424 g/mol. The van der Waals surface area contributed by atoms with E-state index in [1.54, 1.807) is 0 Å². The highest BCUT2D eigenvalue weighted by atomic mass is 32.1. The highest BCUT2D eigenvalue weighted by Crippen LogP contribution is 2.34. The van der Waals surface area contributed by atoms with Crippen molar-refractivity contribution in [2.24, 2.45) is 0 Å². The second kappa shape index (κ2) is 9.02. The normalized spacial score (nSPS) is 15.2. The van der Waals surface area contributed by atoms with Crippen LogP contribution in [-0.2, 0) is 6.42 Å². The van der Waals surface area contributed by atoms with Crippen LogP contribution in [0.3, 0.4) is 0 Å². The van der Waals surface area contributed by atoms with Crippen LogP contribution in [0.15, 0.2) is 36.4 Å². The zero-order valence-corrected chi connectivity index (χ0v) is 18.6. The van der Waals surface area contributed by atoms with Gasteiger partial charge < -0.3 is 20.9 Å². The van der Waals surface area contributed by atoms with E-state index >= 15 is 0 Å². The molecule has 3 N–H and O–H groups in total. The van der Waals surface area contributed by atoms with Crippen molar-refractivity contribution >= 4 is 38.8 Å². The number of amides is 1. The van der Waals surface area contributed by atoms with E-state index < -0.39 is 0 Å². The van der Waals surface area contributed by atoms with Crippen LogP contribution in [0.4, 0.5) is 11.4 Å². The summed E-state index contributed by atoms with van der Waals surface area (Å²) in [4.78, 5) is 21.5. The number of anilines is 2. The van der Waals surface area contributed by atoms with Crippen molar-refractivity contribution in [1.82, 2.24) is 15.6 Å². The van der Waals surface area contributed by atoms with Crippen LogP contribution in [0.5, 0.6) is 0 Å². The molecule has 30 heavy (non-hydrogen) atoms. The SMILES string of the molecule is CNc1c(C(=O)NC(C)Cc2ccc(N3CCNCC3)cc2)sc2nc(C)ccc12. The first-order valence-electron chi connectivity index (χ1n) is 10.5. The van der Waals surface area contributed by atoms with E-state index in [4.69, 9.17) is 0 Å². The third-order valence-corrected chi connectivity index (χ3v) is 6.59. The predicted octanol–water partition coefficient (Wildman–Crippen LogP) is 3.42. The van der Waals surface area contributed by atoms with E-state index in [1.807, 2.05) is 26.1 Å². The van der Waals surface area contributed by atoms with Crippen molar-refractivity contribution < 1.29 is 4.79 Å². The molecule has 1 aliphatic heterocycles. The van der Waals surface area contributed by atoms with Crippen molar-refractivity contribution in [2.75, 3.05) is 43.4 Å². The Bertz CT molecular complexity index is 1020. The van der Waals surface area contributed by atoms with Crippen LogP contribution in [0.1, 0.15) is 27.9 Å². The average Bonchev–Trinajstić information content (AvgIpc) is 3.12. The van der Waals surface area contributed by atoms with E-state index in [2.05, 4.69) is 57.0 Å². The van der Waals surface area contributed by atoms with Crippen LogP contribution < -0.4 is 20.9 Å². The first-order chi connectivity index (χ1) is 14.5. The number of benzene rings is 1. The molecule has 3 heterocycles. The minimum atomic E-state index is -0.0510. The first-order valence-corrected chi connectivity index (χ1v) is 11.3. The van der Waals surface area contributed by atoms with Gasteiger partial charge in [-0.2, -0.15) is 0 Å². The standard InChI is InChI=1S/C23H29N5OS/c1-15-4-9-19-20(24-3)21(30-23(19)27-15)22(29)26-16(2)14-17-5-7-18(8-6-17)28-12-10-25-11-13-28/h4-9,16,24-25H,10-14H2,1-3H3,(H,26,29). The number of pyridine rings is 1. The van der Waals surface area contributed by atoms with E-state index in [1.165, 1.54) is 22.6 Å². The Morgan fingerprint density at radius 2 is 1.93 bits per heavy atom. The zero-order chi connectivity index (χ0) is 21.1. The van der Waals surface area contributed by atoms with Crippen LogP contribution in [-0.4, -0.2) is 50.2 Å². The molecule has 4 rings (SSSR count). The number of piperazine rings is 1. The molecule has 7 heteroatoms. The number of rotatable bonds is 6. The molecule has 0 saturated carbocycles. The summed E-state index contributed by atoms with van der Waals surface area (Å²) in [5, 5.41) is 10.7. The molecule has 1 fully saturated rings. The molecule has 2 aromatic heterocycles. The molecule has 0 bridgehead atoms. The van der Waals surface area contributed by atoms with Gasteiger partial charge in [-0.15, -0.1) is 11.3 Å². The Kier molecular flexibility index (Phi) is 6.20. The fourth-order valence-corrected chi connectivity index (χ4v) is 5.07. The fraction of sp³-hybridized carbons (Fsp3) is 0.391. The maximum atomic E-state index is 13.0.